The molecule has 3 rings (SSSR count). The molecule has 0 aliphatic rings. The zero-order chi connectivity index (χ0) is 15.4. The number of aliphatic carboxylic acids is 1. The van der Waals surface area contributed by atoms with Crippen molar-refractivity contribution < 1.29 is 14.6 Å². The van der Waals surface area contributed by atoms with E-state index in [-0.39, 0.29) is 6.61 Å². The quantitative estimate of drug-likeness (QED) is 0.772. The highest BCUT2D eigenvalue weighted by atomic mass is 16.5. The van der Waals surface area contributed by atoms with E-state index in [1.54, 1.807) is 0 Å². The molecule has 0 radical (unpaired) electrons. The van der Waals surface area contributed by atoms with Crippen molar-refractivity contribution >= 4 is 16.7 Å². The van der Waals surface area contributed by atoms with Gasteiger partial charge in [-0.3, -0.25) is 0 Å². The van der Waals surface area contributed by atoms with E-state index in [0.29, 0.717) is 0 Å². The van der Waals surface area contributed by atoms with E-state index in [9.17, 15) is 4.79 Å². The van der Waals surface area contributed by atoms with Gasteiger partial charge in [-0.1, -0.05) is 72.8 Å². The Hall–Kier alpha value is -2.65. The normalized spacial score (nSPS) is 12.2. The summed E-state index contributed by atoms with van der Waals surface area (Å²) in [5.41, 5.74) is 1.92. The van der Waals surface area contributed by atoms with Gasteiger partial charge in [0, 0.05) is 0 Å². The van der Waals surface area contributed by atoms with Gasteiger partial charge >= 0.3 is 5.97 Å². The molecule has 0 spiro atoms. The molecule has 3 aromatic carbocycles. The van der Waals surface area contributed by atoms with Crippen LogP contribution in [0.25, 0.3) is 10.8 Å². The molecule has 1 atom stereocenters. The monoisotopic (exact) mass is 292 g/mol. The van der Waals surface area contributed by atoms with Crippen LogP contribution in [0.4, 0.5) is 0 Å². The summed E-state index contributed by atoms with van der Waals surface area (Å²) >= 11 is 0. The number of fused-ring (bicyclic) bond motifs is 1. The summed E-state index contributed by atoms with van der Waals surface area (Å²) in [7, 11) is 0. The molecular weight excluding hydrogens is 276 g/mol. The Morgan fingerprint density at radius 3 is 2.36 bits per heavy atom. The van der Waals surface area contributed by atoms with E-state index in [0.717, 1.165) is 21.9 Å². The molecule has 0 bridgehead atoms. The third-order valence-corrected chi connectivity index (χ3v) is 3.58. The summed E-state index contributed by atoms with van der Waals surface area (Å²) in [6.45, 7) is -0.331. The lowest BCUT2D eigenvalue weighted by molar-refractivity contribution is -0.143. The summed E-state index contributed by atoms with van der Waals surface area (Å²) in [6.07, 6.45) is -0.400. The molecule has 1 N–H and O–H groups in total. The molecule has 3 heteroatoms. The van der Waals surface area contributed by atoms with E-state index < -0.39 is 12.1 Å². The average Bonchev–Trinajstić information content (AvgIpc) is 2.56. The van der Waals surface area contributed by atoms with Gasteiger partial charge in [-0.15, -0.1) is 0 Å². The Labute approximate surface area is 128 Å². The minimum absolute atomic E-state index is 0.331. The topological polar surface area (TPSA) is 46.5 Å². The van der Waals surface area contributed by atoms with E-state index in [1.807, 2.05) is 72.8 Å². The zero-order valence-electron chi connectivity index (χ0n) is 12.0. The maximum atomic E-state index is 10.9. The highest BCUT2D eigenvalue weighted by Crippen LogP contribution is 2.31. The van der Waals surface area contributed by atoms with Gasteiger partial charge in [-0.2, -0.15) is 0 Å². The van der Waals surface area contributed by atoms with Crippen LogP contribution < -0.4 is 0 Å². The Balaban J connectivity index is 2.09. The largest absolute Gasteiger partial charge is 0.480 e. The minimum atomic E-state index is -0.971. The lowest BCUT2D eigenvalue weighted by Crippen LogP contribution is -2.13. The molecule has 22 heavy (non-hydrogen) atoms. The van der Waals surface area contributed by atoms with Crippen LogP contribution in [-0.4, -0.2) is 17.7 Å². The lowest BCUT2D eigenvalue weighted by atomic mass is 9.96. The number of hydrogen-bond acceptors (Lipinski definition) is 2. The second-order valence-corrected chi connectivity index (χ2v) is 5.06. The van der Waals surface area contributed by atoms with Crippen molar-refractivity contribution in [1.29, 1.82) is 0 Å². The van der Waals surface area contributed by atoms with Gasteiger partial charge in [0.25, 0.3) is 0 Å². The third-order valence-electron chi connectivity index (χ3n) is 3.58. The van der Waals surface area contributed by atoms with Crippen molar-refractivity contribution in [2.75, 3.05) is 6.61 Å². The average molecular weight is 292 g/mol. The van der Waals surface area contributed by atoms with Crippen LogP contribution >= 0.6 is 0 Å². The van der Waals surface area contributed by atoms with Crippen molar-refractivity contribution in [1.82, 2.24) is 0 Å². The van der Waals surface area contributed by atoms with Gasteiger partial charge in [0.05, 0.1) is 0 Å². The number of hydrogen-bond donors (Lipinski definition) is 1. The summed E-state index contributed by atoms with van der Waals surface area (Å²) in [5.74, 6) is -0.971. The smallest absolute Gasteiger partial charge is 0.329 e. The maximum Gasteiger partial charge on any atom is 0.329 e. The van der Waals surface area contributed by atoms with Crippen LogP contribution in [0, 0.1) is 0 Å². The molecule has 110 valence electrons. The lowest BCUT2D eigenvalue weighted by Gasteiger charge is -2.19. The number of carboxylic acids is 1. The summed E-state index contributed by atoms with van der Waals surface area (Å²) in [5, 5.41) is 11.1. The molecule has 0 saturated carbocycles. The fraction of sp³-hybridized carbons (Fsp3) is 0.105. The number of ether oxygens (including phenoxy) is 1. The van der Waals surface area contributed by atoms with E-state index in [4.69, 9.17) is 9.84 Å². The first-order valence-electron chi connectivity index (χ1n) is 7.12. The highest BCUT2D eigenvalue weighted by Gasteiger charge is 2.18. The first kappa shape index (κ1) is 14.3. The van der Waals surface area contributed by atoms with Crippen LogP contribution in [0.1, 0.15) is 17.2 Å². The van der Waals surface area contributed by atoms with Gasteiger partial charge in [-0.25, -0.2) is 4.79 Å². The van der Waals surface area contributed by atoms with E-state index in [1.165, 1.54) is 0 Å². The third kappa shape index (κ3) is 3.00. The first-order chi connectivity index (χ1) is 10.8. The van der Waals surface area contributed by atoms with Crippen molar-refractivity contribution in [3.05, 3.63) is 83.9 Å². The predicted molar refractivity (Wildman–Crippen MR) is 85.8 cm³/mol. The van der Waals surface area contributed by atoms with Gasteiger partial charge in [0.15, 0.2) is 0 Å². The molecule has 0 aromatic heterocycles. The Morgan fingerprint density at radius 1 is 0.909 bits per heavy atom. The molecule has 0 fully saturated rings. The number of carbonyl (C=O) groups is 1. The summed E-state index contributed by atoms with van der Waals surface area (Å²) in [6, 6.07) is 23.7. The number of carboxylic acid groups (broad SMARTS) is 1. The molecule has 1 unspecified atom stereocenters. The molecule has 0 aliphatic carbocycles. The second-order valence-electron chi connectivity index (χ2n) is 5.06. The maximum absolute atomic E-state index is 10.9. The van der Waals surface area contributed by atoms with Crippen LogP contribution in [0.2, 0.25) is 0 Å². The van der Waals surface area contributed by atoms with Crippen molar-refractivity contribution in [2.45, 2.75) is 6.10 Å². The minimum Gasteiger partial charge on any atom is -0.480 e. The van der Waals surface area contributed by atoms with Crippen LogP contribution in [0.15, 0.2) is 72.8 Å². The summed E-state index contributed by atoms with van der Waals surface area (Å²) in [4.78, 5) is 10.9. The number of rotatable bonds is 5. The highest BCUT2D eigenvalue weighted by molar-refractivity contribution is 5.86. The second kappa shape index (κ2) is 6.41. The molecule has 3 nitrogen and oxygen atoms in total. The Bertz CT molecular complexity index is 776. The molecule has 0 aliphatic heterocycles. The Kier molecular flexibility index (Phi) is 4.17. The van der Waals surface area contributed by atoms with Gasteiger partial charge in [0.1, 0.15) is 12.7 Å². The molecular formula is C19H16O3. The molecule has 0 amide bonds. The van der Waals surface area contributed by atoms with E-state index in [2.05, 4.69) is 0 Å². The van der Waals surface area contributed by atoms with Gasteiger partial charge < -0.3 is 9.84 Å². The number of benzene rings is 3. The Morgan fingerprint density at radius 2 is 1.59 bits per heavy atom. The predicted octanol–water partition coefficient (Wildman–Crippen LogP) is 4.03. The SMILES string of the molecule is O=C(O)COC(c1ccccc1)c1cccc2ccccc12. The van der Waals surface area contributed by atoms with Crippen LogP contribution in [0.5, 0.6) is 0 Å². The van der Waals surface area contributed by atoms with Gasteiger partial charge in [-0.05, 0) is 21.9 Å². The van der Waals surface area contributed by atoms with Gasteiger partial charge in [0.2, 0.25) is 0 Å². The fourth-order valence-corrected chi connectivity index (χ4v) is 2.63. The molecule has 0 saturated heterocycles. The zero-order valence-corrected chi connectivity index (χ0v) is 12.0. The standard InChI is InChI=1S/C19H16O3/c20-18(21)13-22-19(15-8-2-1-3-9-15)17-12-6-10-14-7-4-5-11-16(14)17/h1-12,19H,13H2,(H,20,21). The van der Waals surface area contributed by atoms with Crippen molar-refractivity contribution in [2.24, 2.45) is 0 Å². The van der Waals surface area contributed by atoms with Crippen LogP contribution in [-0.2, 0) is 9.53 Å². The summed E-state index contributed by atoms with van der Waals surface area (Å²) < 4.78 is 5.68. The van der Waals surface area contributed by atoms with E-state index >= 15 is 0 Å². The first-order valence-corrected chi connectivity index (χ1v) is 7.12. The fourth-order valence-electron chi connectivity index (χ4n) is 2.63. The van der Waals surface area contributed by atoms with Crippen molar-refractivity contribution in [3.63, 3.8) is 0 Å². The molecule has 0 heterocycles. The molecule has 3 aromatic rings. The van der Waals surface area contributed by atoms with Crippen LogP contribution in [0.3, 0.4) is 0 Å². The van der Waals surface area contributed by atoms with Crippen molar-refractivity contribution in [3.8, 4) is 0 Å².